The summed E-state index contributed by atoms with van der Waals surface area (Å²) in [6.07, 6.45) is -5.47. The Morgan fingerprint density at radius 1 is 0.202 bits per heavy atom. The molecule has 0 saturated heterocycles. The second-order valence-electron chi connectivity index (χ2n) is 25.3. The van der Waals surface area contributed by atoms with Gasteiger partial charge in [0.25, 0.3) is 0 Å². The highest BCUT2D eigenvalue weighted by Crippen LogP contribution is 2.49. The summed E-state index contributed by atoms with van der Waals surface area (Å²) < 4.78 is 143. The van der Waals surface area contributed by atoms with Crippen molar-refractivity contribution < 1.29 is 35.1 Å². The fourth-order valence-corrected chi connectivity index (χ4v) is 16.1. The monoisotopic (exact) mass is 1300 g/mol. The largest absolute Gasteiger partial charge is 0.417 e. The van der Waals surface area contributed by atoms with Gasteiger partial charge in [0.2, 0.25) is 5.82 Å². The van der Waals surface area contributed by atoms with Crippen LogP contribution in [-0.2, 0) is 6.18 Å². The van der Waals surface area contributed by atoms with E-state index in [1.165, 1.54) is 0 Å². The zero-order valence-electron chi connectivity index (χ0n) is 51.8. The molecular weight excluding hydrogens is 1260 g/mol. The van der Waals surface area contributed by atoms with Crippen molar-refractivity contribution in [1.82, 2.24) is 27.4 Å². The van der Waals surface area contributed by atoms with Crippen LogP contribution in [0.3, 0.4) is 0 Å². The summed E-state index contributed by atoms with van der Waals surface area (Å²) in [6.45, 7) is 0. The van der Waals surface area contributed by atoms with Crippen LogP contribution in [0.25, 0.3) is 176 Å². The smallest absolute Gasteiger partial charge is 0.309 e. The number of aromatic nitrogens is 6. The van der Waals surface area contributed by atoms with E-state index in [1.807, 2.05) is 218 Å². The van der Waals surface area contributed by atoms with Gasteiger partial charge in [0.15, 0.2) is 23.3 Å². The van der Waals surface area contributed by atoms with Gasteiger partial charge in [-0.1, -0.05) is 146 Å². The summed E-state index contributed by atoms with van der Waals surface area (Å²) in [4.78, 5) is 0. The van der Waals surface area contributed by atoms with Gasteiger partial charge in [-0.05, 0) is 133 Å². The van der Waals surface area contributed by atoms with Gasteiger partial charge in [0.05, 0.1) is 88.7 Å². The minimum Gasteiger partial charge on any atom is -0.309 e. The molecule has 0 N–H and O–H groups in total. The number of hydrogen-bond acceptors (Lipinski definition) is 0. The van der Waals surface area contributed by atoms with Crippen LogP contribution in [0.1, 0.15) is 5.56 Å². The first-order valence-corrected chi connectivity index (χ1v) is 32.3. The van der Waals surface area contributed by atoms with Crippen molar-refractivity contribution in [3.05, 3.63) is 314 Å². The van der Waals surface area contributed by atoms with Gasteiger partial charge in [0, 0.05) is 92.9 Å². The van der Waals surface area contributed by atoms with Crippen molar-refractivity contribution >= 4 is 131 Å². The SMILES string of the molecule is Fc1c(F)c(F)c(-c2cc(-n3c4ccc(-n5c6ccccc6c6ccccc65)cc4c4cc(-n5c6ccccc6c6ccccc65)ccc43)c(-n3c4ccc(-n5c6ccccc6c6ccccc65)cc4c4cc(-n5c6ccccc6c6ccccc65)ccc43)cc2C(F)(F)F)c(F)c1F. The Kier molecular flexibility index (Phi) is 11.8. The summed E-state index contributed by atoms with van der Waals surface area (Å²) in [5.41, 5.74) is 7.26. The van der Waals surface area contributed by atoms with Crippen LogP contribution in [-0.4, -0.2) is 27.4 Å². The van der Waals surface area contributed by atoms with Crippen LogP contribution < -0.4 is 0 Å². The lowest BCUT2D eigenvalue weighted by molar-refractivity contribution is -0.137. The van der Waals surface area contributed by atoms with Crippen LogP contribution in [0.15, 0.2) is 279 Å². The summed E-state index contributed by atoms with van der Waals surface area (Å²) in [5, 5.41) is 10.6. The summed E-state index contributed by atoms with van der Waals surface area (Å²) in [5.74, 6) is -12.1. The zero-order chi connectivity index (χ0) is 66.4. The van der Waals surface area contributed by atoms with Crippen LogP contribution in [0, 0.1) is 29.1 Å². The maximum atomic E-state index is 16.8. The summed E-state index contributed by atoms with van der Waals surface area (Å²) >= 11 is 0. The number of hydrogen-bond donors (Lipinski definition) is 0. The quantitative estimate of drug-likeness (QED) is 0.0865. The highest BCUT2D eigenvalue weighted by Gasteiger charge is 2.40. The van der Waals surface area contributed by atoms with E-state index in [2.05, 4.69) is 66.8 Å². The normalized spacial score (nSPS) is 12.4. The van der Waals surface area contributed by atoms with Gasteiger partial charge in [-0.3, -0.25) is 0 Å². The molecule has 0 bridgehead atoms. The highest BCUT2D eigenvalue weighted by molar-refractivity contribution is 6.17. The molecule has 14 aromatic carbocycles. The molecule has 0 saturated carbocycles. The van der Waals surface area contributed by atoms with E-state index in [0.717, 1.165) is 122 Å². The maximum Gasteiger partial charge on any atom is 0.417 e. The molecule has 0 aliphatic heterocycles. The first kappa shape index (κ1) is 56.6. The van der Waals surface area contributed by atoms with Crippen molar-refractivity contribution in [1.29, 1.82) is 0 Å². The van der Waals surface area contributed by atoms with Gasteiger partial charge in [-0.15, -0.1) is 0 Å². The number of halogens is 8. The molecule has 20 aromatic rings. The fraction of sp³-hybridized carbons (Fsp3) is 0.0118. The van der Waals surface area contributed by atoms with Crippen molar-refractivity contribution in [3.8, 4) is 45.3 Å². The van der Waals surface area contributed by atoms with Crippen molar-refractivity contribution in [2.45, 2.75) is 6.18 Å². The second kappa shape index (κ2) is 20.7. The average molecular weight is 1300 g/mol. The highest BCUT2D eigenvalue weighted by atomic mass is 19.4. The molecule has 0 unspecified atom stereocenters. The number of benzene rings is 14. The Balaban J connectivity index is 0.942. The predicted molar refractivity (Wildman–Crippen MR) is 383 cm³/mol. The lowest BCUT2D eigenvalue weighted by Gasteiger charge is -2.23. The molecular formula is C85H46F8N6. The van der Waals surface area contributed by atoms with Crippen LogP contribution in [0.2, 0.25) is 0 Å². The minimum atomic E-state index is -5.47. The number of para-hydroxylation sites is 8. The molecule has 14 heteroatoms. The Bertz CT molecular complexity index is 6350. The molecule has 6 nitrogen and oxygen atoms in total. The van der Waals surface area contributed by atoms with E-state index in [-0.39, 0.29) is 11.4 Å². The van der Waals surface area contributed by atoms with Crippen LogP contribution in [0.4, 0.5) is 35.1 Å². The van der Waals surface area contributed by atoms with E-state index in [0.29, 0.717) is 43.6 Å². The molecule has 472 valence electrons. The molecule has 0 amide bonds. The van der Waals surface area contributed by atoms with Crippen LogP contribution >= 0.6 is 0 Å². The van der Waals surface area contributed by atoms with E-state index in [1.54, 1.807) is 9.13 Å². The lowest BCUT2D eigenvalue weighted by Crippen LogP contribution is -2.14. The number of alkyl halides is 3. The van der Waals surface area contributed by atoms with Crippen molar-refractivity contribution in [2.24, 2.45) is 0 Å². The summed E-state index contributed by atoms with van der Waals surface area (Å²) in [7, 11) is 0. The molecule has 20 rings (SSSR count). The van der Waals surface area contributed by atoms with Gasteiger partial charge in [-0.2, -0.15) is 13.2 Å². The van der Waals surface area contributed by atoms with E-state index < -0.39 is 52.0 Å². The molecule has 0 aliphatic rings. The van der Waals surface area contributed by atoms with Gasteiger partial charge >= 0.3 is 6.18 Å². The lowest BCUT2D eigenvalue weighted by atomic mass is 9.95. The first-order chi connectivity index (χ1) is 48.4. The van der Waals surface area contributed by atoms with E-state index in [9.17, 15) is 0 Å². The van der Waals surface area contributed by atoms with Crippen molar-refractivity contribution in [2.75, 3.05) is 0 Å². The molecule has 0 fully saturated rings. The minimum absolute atomic E-state index is 0.0760. The third-order valence-electron chi connectivity index (χ3n) is 20.2. The first-order valence-electron chi connectivity index (χ1n) is 32.3. The molecule has 0 aliphatic carbocycles. The van der Waals surface area contributed by atoms with Gasteiger partial charge in [0.1, 0.15) is 0 Å². The standard InChI is InChI=1S/C85H46F8N6/c86-80-79(81(87)83(89)84(90)82(80)88)63-45-77(98-73-37-33-47(94-65-25-9-1-17-51(65)52-18-2-10-26-66(52)94)41-59(73)60-42-48(34-38-74(60)98)95-67-27-11-3-19-53(67)54-20-4-12-28-68(54)95)78(46-64(63)85(91,92)93)99-75-39-35-49(96-69-29-13-5-21-55(69)56-22-6-14-30-70(56)96)43-61(75)62-44-50(36-40-76(62)99)97-71-31-15-7-23-57(71)58-24-8-16-32-72(58)97/h1-46H. The summed E-state index contributed by atoms with van der Waals surface area (Å²) in [6, 6.07) is 89.6. The molecule has 0 atom stereocenters. The Hall–Kier alpha value is -12.7. The van der Waals surface area contributed by atoms with Crippen molar-refractivity contribution in [3.63, 3.8) is 0 Å². The Morgan fingerprint density at radius 2 is 0.414 bits per heavy atom. The maximum absolute atomic E-state index is 16.8. The topological polar surface area (TPSA) is 29.6 Å². The van der Waals surface area contributed by atoms with Gasteiger partial charge < -0.3 is 27.4 Å². The molecule has 0 radical (unpaired) electrons. The Morgan fingerprint density at radius 3 is 0.657 bits per heavy atom. The number of rotatable bonds is 7. The number of nitrogens with zero attached hydrogens (tertiary/aromatic N) is 6. The number of fused-ring (bicyclic) bond motifs is 18. The van der Waals surface area contributed by atoms with Crippen LogP contribution in [0.5, 0.6) is 0 Å². The predicted octanol–water partition coefficient (Wildman–Crippen LogP) is 23.7. The zero-order valence-corrected chi connectivity index (χ0v) is 51.8. The third kappa shape index (κ3) is 7.93. The molecule has 6 heterocycles. The van der Waals surface area contributed by atoms with E-state index >= 15 is 35.1 Å². The third-order valence-corrected chi connectivity index (χ3v) is 20.2. The molecule has 0 spiro atoms. The molecule has 99 heavy (non-hydrogen) atoms. The Labute approximate surface area is 555 Å². The fourth-order valence-electron chi connectivity index (χ4n) is 16.1. The van der Waals surface area contributed by atoms with Gasteiger partial charge in [-0.25, -0.2) is 22.0 Å². The molecule has 6 aromatic heterocycles. The second-order valence-corrected chi connectivity index (χ2v) is 25.3. The average Bonchev–Trinajstić information content (AvgIpc) is 1.68. The van der Waals surface area contributed by atoms with E-state index in [4.69, 9.17) is 0 Å².